The van der Waals surface area contributed by atoms with Gasteiger partial charge in [0.15, 0.2) is 5.78 Å². The van der Waals surface area contributed by atoms with E-state index in [1.165, 1.54) is 24.3 Å². The highest BCUT2D eigenvalue weighted by atomic mass is 35.6. The molecule has 1 atom stereocenters. The summed E-state index contributed by atoms with van der Waals surface area (Å²) in [5.41, 5.74) is 0.311. The number of hydrogen-bond donors (Lipinski definition) is 1. The van der Waals surface area contributed by atoms with Gasteiger partial charge in [0.2, 0.25) is 3.79 Å². The van der Waals surface area contributed by atoms with E-state index in [0.29, 0.717) is 10.6 Å². The number of nitrogens with one attached hydrogen (secondary N) is 1. The third kappa shape index (κ3) is 8.87. The lowest BCUT2D eigenvalue weighted by molar-refractivity contribution is 0.0965. The Bertz CT molecular complexity index is 700. The topological polar surface area (TPSA) is 90.9 Å². The fourth-order valence-electron chi connectivity index (χ4n) is 2.07. The van der Waals surface area contributed by atoms with Gasteiger partial charge in [-0.05, 0) is 38.1 Å². The van der Waals surface area contributed by atoms with Crippen molar-refractivity contribution < 1.29 is 27.9 Å². The third-order valence-corrected chi connectivity index (χ3v) is 6.09. The molecule has 7 nitrogen and oxygen atoms in total. The van der Waals surface area contributed by atoms with Crippen molar-refractivity contribution >= 4 is 65.9 Å². The van der Waals surface area contributed by atoms with Crippen LogP contribution in [-0.2, 0) is 18.3 Å². The maximum atomic E-state index is 13.1. The summed E-state index contributed by atoms with van der Waals surface area (Å²) in [7, 11) is -3.89. The van der Waals surface area contributed by atoms with Crippen molar-refractivity contribution in [1.82, 2.24) is 5.32 Å². The summed E-state index contributed by atoms with van der Waals surface area (Å²) in [5.74, 6) is -1.72. The van der Waals surface area contributed by atoms with E-state index in [2.05, 4.69) is 5.32 Å². The van der Waals surface area contributed by atoms with Gasteiger partial charge in [-0.15, -0.1) is 0 Å². The Labute approximate surface area is 183 Å². The molecule has 1 aromatic carbocycles. The molecule has 1 unspecified atom stereocenters. The summed E-state index contributed by atoms with van der Waals surface area (Å²) in [6.45, 7) is 2.73. The van der Waals surface area contributed by atoms with Crippen LogP contribution in [0, 0.1) is 0 Å². The zero-order valence-corrected chi connectivity index (χ0v) is 19.0. The molecule has 0 aliphatic carbocycles. The van der Waals surface area contributed by atoms with Crippen LogP contribution < -0.4 is 5.32 Å². The predicted octanol–water partition coefficient (Wildman–Crippen LogP) is 5.60. The van der Waals surface area contributed by atoms with Crippen molar-refractivity contribution in [2.75, 3.05) is 19.8 Å². The molecule has 0 fully saturated rings. The fraction of sp³-hybridized carbons (Fsp3) is 0.500. The minimum Gasteiger partial charge on any atom is -0.445 e. The van der Waals surface area contributed by atoms with Gasteiger partial charge in [-0.3, -0.25) is 9.36 Å². The average Bonchev–Trinajstić information content (AvgIpc) is 2.59. The summed E-state index contributed by atoms with van der Waals surface area (Å²) in [5, 5.41) is 2.77. The molecule has 158 valence electrons. The van der Waals surface area contributed by atoms with Gasteiger partial charge in [-0.25, -0.2) is 4.79 Å². The van der Waals surface area contributed by atoms with Gasteiger partial charge in [-0.2, -0.15) is 0 Å². The third-order valence-electron chi connectivity index (χ3n) is 3.20. The van der Waals surface area contributed by atoms with Crippen molar-refractivity contribution in [3.8, 4) is 0 Å². The van der Waals surface area contributed by atoms with Gasteiger partial charge >= 0.3 is 13.7 Å². The summed E-state index contributed by atoms with van der Waals surface area (Å²) in [6, 6.07) is 6.10. The van der Waals surface area contributed by atoms with E-state index in [0.717, 1.165) is 0 Å². The molecule has 12 heteroatoms. The van der Waals surface area contributed by atoms with Gasteiger partial charge in [0, 0.05) is 17.0 Å². The number of benzene rings is 1. The zero-order chi connectivity index (χ0) is 21.4. The molecular formula is C16H20Cl4NO6P. The number of carbonyl (C=O) groups excluding carboxylic acids is 2. The molecule has 0 bridgehead atoms. The summed E-state index contributed by atoms with van der Waals surface area (Å²) in [4.78, 5) is 24.6. The zero-order valence-electron chi connectivity index (χ0n) is 15.1. The molecule has 1 rings (SSSR count). The molecule has 0 radical (unpaired) electrons. The number of carbonyl (C=O) groups is 2. The van der Waals surface area contributed by atoms with Gasteiger partial charge < -0.3 is 19.1 Å². The highest BCUT2D eigenvalue weighted by Crippen LogP contribution is 2.53. The molecule has 0 aliphatic rings. The highest BCUT2D eigenvalue weighted by molar-refractivity contribution is 7.54. The maximum absolute atomic E-state index is 13.1. The Hall–Kier alpha value is -0.530. The van der Waals surface area contributed by atoms with Gasteiger partial charge in [0.05, 0.1) is 13.2 Å². The second-order valence-corrected chi connectivity index (χ2v) is 10.5. The Balaban J connectivity index is 3.02. The monoisotopic (exact) mass is 493 g/mol. The molecule has 0 aliphatic heterocycles. The maximum Gasteiger partial charge on any atom is 0.408 e. The van der Waals surface area contributed by atoms with Crippen LogP contribution in [0.25, 0.3) is 0 Å². The number of ether oxygens (including phenoxy) is 1. The first-order valence-corrected chi connectivity index (χ1v) is 11.3. The first-order valence-electron chi connectivity index (χ1n) is 8.18. The van der Waals surface area contributed by atoms with E-state index in [-0.39, 0.29) is 19.6 Å². The van der Waals surface area contributed by atoms with Crippen molar-refractivity contribution in [2.24, 2.45) is 0 Å². The molecule has 0 heterocycles. The largest absolute Gasteiger partial charge is 0.445 e. The van der Waals surface area contributed by atoms with Crippen LogP contribution in [0.3, 0.4) is 0 Å². The molecule has 0 saturated heterocycles. The van der Waals surface area contributed by atoms with E-state index < -0.39 is 35.7 Å². The number of halogens is 4. The molecule has 0 saturated carbocycles. The minimum absolute atomic E-state index is 0.0355. The number of amides is 1. The van der Waals surface area contributed by atoms with Gasteiger partial charge in [-0.1, -0.05) is 46.4 Å². The SMILES string of the molecule is CCOP(=O)(OCC)C(CC(=O)c1ccc(Cl)cc1)NC(=O)OCC(Cl)(Cl)Cl. The summed E-state index contributed by atoms with van der Waals surface area (Å²) >= 11 is 22.4. The first-order chi connectivity index (χ1) is 13.0. The molecule has 28 heavy (non-hydrogen) atoms. The van der Waals surface area contributed by atoms with Crippen LogP contribution in [0.5, 0.6) is 0 Å². The fourth-order valence-corrected chi connectivity index (χ4v) is 4.17. The van der Waals surface area contributed by atoms with Crippen molar-refractivity contribution in [1.29, 1.82) is 0 Å². The van der Waals surface area contributed by atoms with Crippen LogP contribution in [0.4, 0.5) is 4.79 Å². The number of Topliss-reactive ketones (excluding diaryl/α,β-unsaturated/α-hetero) is 1. The highest BCUT2D eigenvalue weighted by Gasteiger charge is 2.39. The number of ketones is 1. The predicted molar refractivity (Wildman–Crippen MR) is 110 cm³/mol. The molecular weight excluding hydrogens is 475 g/mol. The van der Waals surface area contributed by atoms with Crippen LogP contribution in [0.2, 0.25) is 5.02 Å². The second-order valence-electron chi connectivity index (χ2n) is 5.36. The van der Waals surface area contributed by atoms with E-state index >= 15 is 0 Å². The lowest BCUT2D eigenvalue weighted by atomic mass is 10.1. The second kappa shape index (κ2) is 11.6. The van der Waals surface area contributed by atoms with E-state index in [4.69, 9.17) is 60.2 Å². The quantitative estimate of drug-likeness (QED) is 0.258. The Kier molecular flexibility index (Phi) is 10.6. The van der Waals surface area contributed by atoms with Crippen LogP contribution in [-0.4, -0.2) is 41.3 Å². The normalized spacial score (nSPS) is 13.1. The average molecular weight is 495 g/mol. The summed E-state index contributed by atoms with van der Waals surface area (Å²) in [6.07, 6.45) is -1.42. The molecule has 0 aromatic heterocycles. The summed E-state index contributed by atoms with van der Waals surface area (Å²) < 4.78 is 26.6. The minimum atomic E-state index is -3.89. The Morgan fingerprint density at radius 3 is 2.11 bits per heavy atom. The van der Waals surface area contributed by atoms with E-state index in [9.17, 15) is 14.2 Å². The van der Waals surface area contributed by atoms with Crippen LogP contribution in [0.15, 0.2) is 24.3 Å². The molecule has 1 N–H and O–H groups in total. The molecule has 1 amide bonds. The number of alkyl carbamates (subject to hydrolysis) is 1. The standard InChI is InChI=1S/C16H20Cl4NO6P/c1-3-26-28(24,27-4-2)14(21-15(23)25-10-16(18,19)20)9-13(22)11-5-7-12(17)8-6-11/h5-8,14H,3-4,9-10H2,1-2H3,(H,21,23). The lowest BCUT2D eigenvalue weighted by Crippen LogP contribution is -2.39. The number of rotatable bonds is 10. The lowest BCUT2D eigenvalue weighted by Gasteiger charge is -2.26. The van der Waals surface area contributed by atoms with Crippen LogP contribution >= 0.6 is 54.0 Å². The Morgan fingerprint density at radius 1 is 1.11 bits per heavy atom. The number of alkyl halides is 3. The number of hydrogen-bond acceptors (Lipinski definition) is 6. The van der Waals surface area contributed by atoms with Crippen molar-refractivity contribution in [2.45, 2.75) is 29.8 Å². The van der Waals surface area contributed by atoms with E-state index in [1.54, 1.807) is 13.8 Å². The molecule has 1 aromatic rings. The smallest absolute Gasteiger partial charge is 0.408 e. The van der Waals surface area contributed by atoms with Gasteiger partial charge in [0.1, 0.15) is 12.4 Å². The molecule has 0 spiro atoms. The van der Waals surface area contributed by atoms with Crippen LogP contribution in [0.1, 0.15) is 30.6 Å². The Morgan fingerprint density at radius 2 is 1.64 bits per heavy atom. The van der Waals surface area contributed by atoms with Gasteiger partial charge in [0.25, 0.3) is 0 Å². The van der Waals surface area contributed by atoms with Crippen molar-refractivity contribution in [3.63, 3.8) is 0 Å². The van der Waals surface area contributed by atoms with E-state index in [1.807, 2.05) is 0 Å². The van der Waals surface area contributed by atoms with Crippen molar-refractivity contribution in [3.05, 3.63) is 34.9 Å². The first kappa shape index (κ1) is 25.5.